The van der Waals surface area contributed by atoms with E-state index < -0.39 is 0 Å². The van der Waals surface area contributed by atoms with Crippen molar-refractivity contribution in [2.45, 2.75) is 18.4 Å². The van der Waals surface area contributed by atoms with Crippen LogP contribution in [0.2, 0.25) is 0 Å². The Morgan fingerprint density at radius 2 is 1.76 bits per heavy atom. The second-order valence-electron chi connectivity index (χ2n) is 5.68. The van der Waals surface area contributed by atoms with Crippen LogP contribution in [0.5, 0.6) is 5.75 Å². The Bertz CT molecular complexity index is 570. The van der Waals surface area contributed by atoms with E-state index in [-0.39, 0.29) is 6.10 Å². The second kappa shape index (κ2) is 6.63. The van der Waals surface area contributed by atoms with Gasteiger partial charge in [0.2, 0.25) is 0 Å². The molecule has 3 rings (SSSR count). The van der Waals surface area contributed by atoms with Gasteiger partial charge in [0.1, 0.15) is 11.9 Å². The zero-order chi connectivity index (χ0) is 14.7. The van der Waals surface area contributed by atoms with E-state index in [4.69, 9.17) is 4.74 Å². The van der Waals surface area contributed by atoms with E-state index in [0.29, 0.717) is 5.92 Å². The van der Waals surface area contributed by atoms with E-state index in [1.54, 1.807) is 0 Å². The van der Waals surface area contributed by atoms with E-state index in [9.17, 15) is 0 Å². The Hall–Kier alpha value is -1.32. The molecule has 0 amide bonds. The van der Waals surface area contributed by atoms with Crippen LogP contribution in [0.3, 0.4) is 0 Å². The lowest BCUT2D eigenvalue weighted by Crippen LogP contribution is -2.42. The van der Waals surface area contributed by atoms with E-state index in [1.807, 2.05) is 24.3 Å². The highest BCUT2D eigenvalue weighted by Gasteiger charge is 2.30. The van der Waals surface area contributed by atoms with Gasteiger partial charge in [-0.15, -0.1) is 0 Å². The first-order chi connectivity index (χ1) is 10.2. The first kappa shape index (κ1) is 14.6. The summed E-state index contributed by atoms with van der Waals surface area (Å²) in [6.45, 7) is 2.13. The van der Waals surface area contributed by atoms with Crippen LogP contribution in [0.15, 0.2) is 59.1 Å². The van der Waals surface area contributed by atoms with Crippen LogP contribution in [-0.4, -0.2) is 31.1 Å². The van der Waals surface area contributed by atoms with Gasteiger partial charge in [-0.2, -0.15) is 0 Å². The molecule has 0 aromatic heterocycles. The summed E-state index contributed by atoms with van der Waals surface area (Å²) in [5.41, 5.74) is 1.37. The predicted molar refractivity (Wildman–Crippen MR) is 89.9 cm³/mol. The Morgan fingerprint density at radius 3 is 2.48 bits per heavy atom. The Kier molecular flexibility index (Phi) is 4.61. The molecular weight excluding hydrogens is 326 g/mol. The van der Waals surface area contributed by atoms with Gasteiger partial charge >= 0.3 is 0 Å². The summed E-state index contributed by atoms with van der Waals surface area (Å²) in [4.78, 5) is 2.39. The highest BCUT2D eigenvalue weighted by molar-refractivity contribution is 9.10. The lowest BCUT2D eigenvalue weighted by Gasteiger charge is -2.37. The van der Waals surface area contributed by atoms with E-state index >= 15 is 0 Å². The summed E-state index contributed by atoms with van der Waals surface area (Å²) < 4.78 is 7.36. The molecule has 2 atom stereocenters. The van der Waals surface area contributed by atoms with Crippen molar-refractivity contribution < 1.29 is 4.74 Å². The number of piperidine rings is 1. The molecule has 3 heteroatoms. The first-order valence-corrected chi connectivity index (χ1v) is 8.17. The molecule has 2 nitrogen and oxygen atoms in total. The van der Waals surface area contributed by atoms with Gasteiger partial charge in [0.05, 0.1) is 0 Å². The summed E-state index contributed by atoms with van der Waals surface area (Å²) in [6.07, 6.45) is 1.30. The number of halogens is 1. The summed E-state index contributed by atoms with van der Waals surface area (Å²) in [5.74, 6) is 1.38. The average Bonchev–Trinajstić information content (AvgIpc) is 2.52. The van der Waals surface area contributed by atoms with E-state index in [0.717, 1.165) is 29.7 Å². The number of benzene rings is 2. The van der Waals surface area contributed by atoms with Crippen LogP contribution in [0.1, 0.15) is 17.9 Å². The van der Waals surface area contributed by atoms with Gasteiger partial charge in [-0.3, -0.25) is 0 Å². The standard InChI is InChI=1S/C18H20BrNO/c1-20-12-11-18(21-16-9-7-15(19)8-10-16)17(13-20)14-5-3-2-4-6-14/h2-10,17-18H,11-13H2,1H3/t17-,18-/m0/s1. The minimum atomic E-state index is 0.241. The SMILES string of the molecule is CN1CC[C@H](Oc2ccc(Br)cc2)[C@H](c2ccccc2)C1. The molecule has 21 heavy (non-hydrogen) atoms. The van der Waals surface area contributed by atoms with Crippen LogP contribution in [0.4, 0.5) is 0 Å². The molecule has 110 valence electrons. The molecule has 1 aliphatic heterocycles. The zero-order valence-corrected chi connectivity index (χ0v) is 13.8. The van der Waals surface area contributed by atoms with Crippen molar-refractivity contribution in [3.8, 4) is 5.75 Å². The highest BCUT2D eigenvalue weighted by atomic mass is 79.9. The lowest BCUT2D eigenvalue weighted by molar-refractivity contribution is 0.0902. The number of hydrogen-bond acceptors (Lipinski definition) is 2. The van der Waals surface area contributed by atoms with Gasteiger partial charge in [-0.25, -0.2) is 0 Å². The average molecular weight is 346 g/mol. The van der Waals surface area contributed by atoms with Gasteiger partial charge < -0.3 is 9.64 Å². The smallest absolute Gasteiger partial charge is 0.119 e. The topological polar surface area (TPSA) is 12.5 Å². The lowest BCUT2D eigenvalue weighted by atomic mass is 9.88. The summed E-state index contributed by atoms with van der Waals surface area (Å²) in [7, 11) is 2.19. The molecule has 0 aliphatic carbocycles. The predicted octanol–water partition coefficient (Wildman–Crippen LogP) is 4.32. The highest BCUT2D eigenvalue weighted by Crippen LogP contribution is 2.30. The van der Waals surface area contributed by atoms with Crippen LogP contribution in [-0.2, 0) is 0 Å². The third-order valence-electron chi connectivity index (χ3n) is 4.08. The molecule has 0 N–H and O–H groups in total. The summed E-state index contributed by atoms with van der Waals surface area (Å²) in [6, 6.07) is 18.8. The van der Waals surface area contributed by atoms with Crippen LogP contribution < -0.4 is 4.74 Å². The van der Waals surface area contributed by atoms with E-state index in [1.165, 1.54) is 5.56 Å². The molecule has 0 unspecified atom stereocenters. The molecule has 0 saturated carbocycles. The van der Waals surface area contributed by atoms with Gasteiger partial charge in [0.15, 0.2) is 0 Å². The van der Waals surface area contributed by atoms with Crippen molar-refractivity contribution in [1.82, 2.24) is 4.90 Å². The molecule has 1 fully saturated rings. The zero-order valence-electron chi connectivity index (χ0n) is 12.2. The third-order valence-corrected chi connectivity index (χ3v) is 4.61. The molecule has 2 aromatic rings. The molecule has 0 spiro atoms. The van der Waals surface area contributed by atoms with Gasteiger partial charge in [0, 0.05) is 23.5 Å². The number of hydrogen-bond donors (Lipinski definition) is 0. The maximum absolute atomic E-state index is 6.28. The van der Waals surface area contributed by atoms with Crippen molar-refractivity contribution in [3.05, 3.63) is 64.6 Å². The van der Waals surface area contributed by atoms with Crippen LogP contribution in [0.25, 0.3) is 0 Å². The number of likely N-dealkylation sites (tertiary alicyclic amines) is 1. The molecule has 1 heterocycles. The minimum Gasteiger partial charge on any atom is -0.490 e. The fraction of sp³-hybridized carbons (Fsp3) is 0.333. The van der Waals surface area contributed by atoms with E-state index in [2.05, 4.69) is 58.2 Å². The van der Waals surface area contributed by atoms with Gasteiger partial charge in [-0.05, 0) is 43.3 Å². The molecule has 0 radical (unpaired) electrons. The van der Waals surface area contributed by atoms with Crippen molar-refractivity contribution in [2.75, 3.05) is 20.1 Å². The molecule has 0 bridgehead atoms. The minimum absolute atomic E-state index is 0.241. The maximum atomic E-state index is 6.28. The molecule has 1 saturated heterocycles. The number of ether oxygens (including phenoxy) is 1. The van der Waals surface area contributed by atoms with Gasteiger partial charge in [-0.1, -0.05) is 46.3 Å². The van der Waals surface area contributed by atoms with Crippen molar-refractivity contribution in [2.24, 2.45) is 0 Å². The Balaban J connectivity index is 1.79. The van der Waals surface area contributed by atoms with Crippen LogP contribution in [0, 0.1) is 0 Å². The quantitative estimate of drug-likeness (QED) is 0.821. The molecular formula is C18H20BrNO. The summed E-state index contributed by atoms with van der Waals surface area (Å²) in [5, 5.41) is 0. The van der Waals surface area contributed by atoms with Crippen molar-refractivity contribution in [3.63, 3.8) is 0 Å². The largest absolute Gasteiger partial charge is 0.490 e. The normalized spacial score (nSPS) is 23.0. The summed E-state index contributed by atoms with van der Waals surface area (Å²) >= 11 is 3.46. The third kappa shape index (κ3) is 3.66. The Labute approximate surface area is 134 Å². The fourth-order valence-electron chi connectivity index (χ4n) is 2.94. The van der Waals surface area contributed by atoms with Gasteiger partial charge in [0.25, 0.3) is 0 Å². The van der Waals surface area contributed by atoms with Crippen LogP contribution >= 0.6 is 15.9 Å². The van der Waals surface area contributed by atoms with Crippen molar-refractivity contribution in [1.29, 1.82) is 0 Å². The fourth-order valence-corrected chi connectivity index (χ4v) is 3.21. The monoisotopic (exact) mass is 345 g/mol. The molecule has 1 aliphatic rings. The Morgan fingerprint density at radius 1 is 1.05 bits per heavy atom. The molecule has 2 aromatic carbocycles. The maximum Gasteiger partial charge on any atom is 0.119 e. The second-order valence-corrected chi connectivity index (χ2v) is 6.59. The number of rotatable bonds is 3. The number of likely N-dealkylation sites (N-methyl/N-ethyl adjacent to an activating group) is 1. The van der Waals surface area contributed by atoms with Crippen molar-refractivity contribution >= 4 is 15.9 Å². The first-order valence-electron chi connectivity index (χ1n) is 7.38. The number of nitrogens with zero attached hydrogens (tertiary/aromatic N) is 1.